The van der Waals surface area contributed by atoms with Crippen molar-refractivity contribution in [2.24, 2.45) is 28.4 Å². The highest BCUT2D eigenvalue weighted by Crippen LogP contribution is 2.91. The van der Waals surface area contributed by atoms with E-state index in [-0.39, 0.29) is 5.41 Å². The fraction of sp³-hybridized carbons (Fsp3) is 0.632. The van der Waals surface area contributed by atoms with Gasteiger partial charge < -0.3 is 5.73 Å². The van der Waals surface area contributed by atoms with Crippen LogP contribution in [0.4, 0.5) is 0 Å². The van der Waals surface area contributed by atoms with Gasteiger partial charge >= 0.3 is 0 Å². The molecule has 22 heavy (non-hydrogen) atoms. The van der Waals surface area contributed by atoms with Crippen LogP contribution >= 0.6 is 23.8 Å². The molecule has 0 aromatic heterocycles. The molecule has 0 radical (unpaired) electrons. The van der Waals surface area contributed by atoms with E-state index in [2.05, 4.69) is 37.3 Å². The summed E-state index contributed by atoms with van der Waals surface area (Å²) in [6.07, 6.45) is 5.97. The number of benzene rings is 1. The van der Waals surface area contributed by atoms with Crippen molar-refractivity contribution in [2.45, 2.75) is 44.4 Å². The van der Waals surface area contributed by atoms with Crippen LogP contribution in [-0.4, -0.2) is 10.9 Å². The molecule has 118 valence electrons. The summed E-state index contributed by atoms with van der Waals surface area (Å²) >= 11 is 11.7. The molecule has 4 rings (SSSR count). The van der Waals surface area contributed by atoms with Crippen molar-refractivity contribution < 1.29 is 0 Å². The molecule has 3 heteroatoms. The van der Waals surface area contributed by atoms with Crippen molar-refractivity contribution in [3.8, 4) is 0 Å². The number of halogens is 1. The first-order chi connectivity index (χ1) is 10.6. The van der Waals surface area contributed by atoms with Crippen LogP contribution in [0.2, 0.25) is 0 Å². The van der Waals surface area contributed by atoms with Crippen molar-refractivity contribution in [3.05, 3.63) is 35.9 Å². The Hall–Kier alpha value is -0.600. The van der Waals surface area contributed by atoms with E-state index in [1.54, 1.807) is 0 Å². The molecule has 1 aromatic rings. The van der Waals surface area contributed by atoms with Gasteiger partial charge in [0, 0.05) is 16.7 Å². The monoisotopic (exact) mass is 333 g/mol. The predicted molar refractivity (Wildman–Crippen MR) is 96.2 cm³/mol. The van der Waals surface area contributed by atoms with Crippen molar-refractivity contribution in [3.63, 3.8) is 0 Å². The summed E-state index contributed by atoms with van der Waals surface area (Å²) in [4.78, 5) is 0.767. The Labute approximate surface area is 143 Å². The number of hydrogen-bond acceptors (Lipinski definition) is 1. The van der Waals surface area contributed by atoms with E-state index < -0.39 is 0 Å². The molecule has 3 fully saturated rings. The highest BCUT2D eigenvalue weighted by molar-refractivity contribution is 7.80. The second-order valence-electron chi connectivity index (χ2n) is 7.63. The fourth-order valence-electron chi connectivity index (χ4n) is 6.97. The van der Waals surface area contributed by atoms with E-state index in [0.29, 0.717) is 16.7 Å². The van der Waals surface area contributed by atoms with Crippen LogP contribution in [-0.2, 0) is 5.41 Å². The largest absolute Gasteiger partial charge is 0.393 e. The molecule has 2 N–H and O–H groups in total. The molecule has 1 aromatic carbocycles. The average Bonchev–Trinajstić information content (AvgIpc) is 2.49. The zero-order valence-electron chi connectivity index (χ0n) is 13.1. The lowest BCUT2D eigenvalue weighted by molar-refractivity contribution is -0.357. The lowest BCUT2D eigenvalue weighted by Gasteiger charge is -2.90. The second kappa shape index (κ2) is 4.70. The van der Waals surface area contributed by atoms with Gasteiger partial charge in [0.15, 0.2) is 0 Å². The van der Waals surface area contributed by atoms with E-state index >= 15 is 0 Å². The van der Waals surface area contributed by atoms with Gasteiger partial charge in [-0.3, -0.25) is 0 Å². The minimum absolute atomic E-state index is 0.119. The molecule has 5 atom stereocenters. The maximum absolute atomic E-state index is 6.27. The minimum atomic E-state index is 0.119. The summed E-state index contributed by atoms with van der Waals surface area (Å²) in [7, 11) is 0. The molecule has 1 nitrogen and oxygen atoms in total. The van der Waals surface area contributed by atoms with Crippen LogP contribution in [0.1, 0.15) is 44.6 Å². The topological polar surface area (TPSA) is 26.0 Å². The van der Waals surface area contributed by atoms with E-state index in [0.717, 1.165) is 29.6 Å². The quantitative estimate of drug-likeness (QED) is 0.626. The Morgan fingerprint density at radius 2 is 2.00 bits per heavy atom. The van der Waals surface area contributed by atoms with Crippen molar-refractivity contribution >= 4 is 28.8 Å². The van der Waals surface area contributed by atoms with Gasteiger partial charge in [0.2, 0.25) is 0 Å². The van der Waals surface area contributed by atoms with Gasteiger partial charge in [0.1, 0.15) is 0 Å². The first kappa shape index (κ1) is 15.0. The fourth-order valence-corrected chi connectivity index (χ4v) is 7.56. The maximum Gasteiger partial charge on any atom is 0.0796 e. The SMILES string of the molecule is CCC1CC2(c3ccccc3)CC3(C(N)=S)CC(CCCl)C132. The van der Waals surface area contributed by atoms with E-state index in [9.17, 15) is 0 Å². The first-order valence-electron chi connectivity index (χ1n) is 8.50. The minimum Gasteiger partial charge on any atom is -0.393 e. The maximum atomic E-state index is 6.27. The molecule has 5 unspecified atom stereocenters. The van der Waals surface area contributed by atoms with Crippen LogP contribution < -0.4 is 5.73 Å². The number of hydrogen-bond donors (Lipinski definition) is 1. The van der Waals surface area contributed by atoms with E-state index in [1.807, 2.05) is 0 Å². The summed E-state index contributed by atoms with van der Waals surface area (Å²) in [6.45, 7) is 2.33. The van der Waals surface area contributed by atoms with E-state index in [4.69, 9.17) is 29.6 Å². The molecule has 1 spiro atoms. The van der Waals surface area contributed by atoms with Crippen LogP contribution in [0.3, 0.4) is 0 Å². The summed E-state index contributed by atoms with van der Waals surface area (Å²) in [6, 6.07) is 11.1. The second-order valence-corrected chi connectivity index (χ2v) is 8.45. The molecule has 0 bridgehead atoms. The number of rotatable bonds is 5. The molecular weight excluding hydrogens is 310 g/mol. The molecule has 0 amide bonds. The summed E-state index contributed by atoms with van der Waals surface area (Å²) < 4.78 is 0. The number of nitrogens with two attached hydrogens (primary N) is 1. The smallest absolute Gasteiger partial charge is 0.0796 e. The van der Waals surface area contributed by atoms with Crippen LogP contribution in [0, 0.1) is 22.7 Å². The standard InChI is InChI=1S/C19H24ClNS/c1-2-13-10-17(14-6-4-3-5-7-14)12-18(16(21)22)11-15(8-9-20)19(13,17)18/h3-7,13,15H,2,8-12H2,1H3,(H2,21,22). The van der Waals surface area contributed by atoms with E-state index in [1.165, 1.54) is 24.8 Å². The Kier molecular flexibility index (Phi) is 3.20. The number of alkyl halides is 1. The van der Waals surface area contributed by atoms with Crippen molar-refractivity contribution in [2.75, 3.05) is 5.88 Å². The number of thiocarbonyl (C=S) groups is 1. The summed E-state index contributed by atoms with van der Waals surface area (Å²) in [5.41, 5.74) is 8.51. The Morgan fingerprint density at radius 3 is 2.59 bits per heavy atom. The van der Waals surface area contributed by atoms with Gasteiger partial charge in [-0.1, -0.05) is 55.9 Å². The molecule has 0 heterocycles. The van der Waals surface area contributed by atoms with Crippen LogP contribution in [0.25, 0.3) is 0 Å². The van der Waals surface area contributed by atoms with Crippen molar-refractivity contribution in [1.82, 2.24) is 0 Å². The molecule has 3 aliphatic carbocycles. The lowest BCUT2D eigenvalue weighted by atomic mass is 9.13. The third-order valence-electron chi connectivity index (χ3n) is 7.41. The molecule has 3 aliphatic rings. The van der Waals surface area contributed by atoms with Gasteiger partial charge in [0.05, 0.1) is 4.99 Å². The van der Waals surface area contributed by atoms with Gasteiger partial charge in [-0.05, 0) is 48.5 Å². The predicted octanol–water partition coefficient (Wildman–Crippen LogP) is 4.67. The Balaban J connectivity index is 1.81. The zero-order chi connectivity index (χ0) is 15.6. The third kappa shape index (κ3) is 1.33. The van der Waals surface area contributed by atoms with Crippen molar-refractivity contribution in [1.29, 1.82) is 0 Å². The highest BCUT2D eigenvalue weighted by atomic mass is 35.5. The Morgan fingerprint density at radius 1 is 1.27 bits per heavy atom. The van der Waals surface area contributed by atoms with Crippen LogP contribution in [0.5, 0.6) is 0 Å². The average molecular weight is 334 g/mol. The third-order valence-corrected chi connectivity index (χ3v) is 8.02. The summed E-state index contributed by atoms with van der Waals surface area (Å²) in [5, 5.41) is 0. The molecule has 3 saturated carbocycles. The lowest BCUT2D eigenvalue weighted by Crippen LogP contribution is -2.89. The molecule has 0 saturated heterocycles. The highest BCUT2D eigenvalue weighted by Gasteiger charge is 2.89. The zero-order valence-corrected chi connectivity index (χ0v) is 14.7. The Bertz CT molecular complexity index is 617. The normalized spacial score (nSPS) is 44.8. The van der Waals surface area contributed by atoms with Gasteiger partial charge in [-0.2, -0.15) is 0 Å². The molecule has 0 aliphatic heterocycles. The van der Waals surface area contributed by atoms with Gasteiger partial charge in [-0.25, -0.2) is 0 Å². The van der Waals surface area contributed by atoms with Crippen LogP contribution in [0.15, 0.2) is 30.3 Å². The first-order valence-corrected chi connectivity index (χ1v) is 9.45. The molecular formula is C19H24ClNS. The summed E-state index contributed by atoms with van der Waals surface area (Å²) in [5.74, 6) is 2.20. The van der Waals surface area contributed by atoms with Gasteiger partial charge in [0.25, 0.3) is 0 Å². The van der Waals surface area contributed by atoms with Gasteiger partial charge in [-0.15, -0.1) is 11.6 Å².